The van der Waals surface area contributed by atoms with Crippen LogP contribution >= 0.6 is 0 Å². The van der Waals surface area contributed by atoms with E-state index in [0.29, 0.717) is 35.1 Å². The van der Waals surface area contributed by atoms with Crippen molar-refractivity contribution in [1.82, 2.24) is 9.62 Å². The van der Waals surface area contributed by atoms with Crippen LogP contribution in [0.3, 0.4) is 0 Å². The first kappa shape index (κ1) is 27.4. The summed E-state index contributed by atoms with van der Waals surface area (Å²) in [4.78, 5) is 25.5. The van der Waals surface area contributed by atoms with Crippen molar-refractivity contribution in [3.63, 3.8) is 0 Å². The minimum Gasteiger partial charge on any atom is -0.443 e. The van der Waals surface area contributed by atoms with Gasteiger partial charge in [-0.2, -0.15) is 17.5 Å². The van der Waals surface area contributed by atoms with E-state index in [-0.39, 0.29) is 23.7 Å². The monoisotopic (exact) mass is 571 g/mol. The number of sulfonamides is 1. The molecule has 2 N–H and O–H groups in total. The Morgan fingerprint density at radius 2 is 1.73 bits per heavy atom. The van der Waals surface area contributed by atoms with Crippen LogP contribution in [0.25, 0.3) is 11.0 Å². The number of benzene rings is 3. The maximum Gasteiger partial charge on any atom is 0.416 e. The maximum atomic E-state index is 13.3. The van der Waals surface area contributed by atoms with Gasteiger partial charge in [0.05, 0.1) is 5.56 Å². The molecular formula is C28H24F3N3O5S. The fourth-order valence-electron chi connectivity index (χ4n) is 4.57. The van der Waals surface area contributed by atoms with Crippen LogP contribution in [0.2, 0.25) is 0 Å². The molecule has 0 saturated carbocycles. The van der Waals surface area contributed by atoms with Crippen molar-refractivity contribution in [2.75, 3.05) is 11.9 Å². The average Bonchev–Trinajstić information content (AvgIpc) is 3.60. The fourth-order valence-corrected chi connectivity index (χ4v) is 6.18. The highest BCUT2D eigenvalue weighted by Crippen LogP contribution is 2.31. The zero-order valence-corrected chi connectivity index (χ0v) is 21.8. The van der Waals surface area contributed by atoms with Crippen molar-refractivity contribution in [2.24, 2.45) is 0 Å². The molecule has 208 valence electrons. The second-order valence-electron chi connectivity index (χ2n) is 9.32. The molecule has 12 heteroatoms. The normalized spacial score (nSPS) is 16.2. The van der Waals surface area contributed by atoms with Gasteiger partial charge in [-0.25, -0.2) is 8.42 Å². The van der Waals surface area contributed by atoms with Gasteiger partial charge >= 0.3 is 6.18 Å². The first-order valence-electron chi connectivity index (χ1n) is 12.4. The number of amides is 2. The van der Waals surface area contributed by atoms with E-state index in [2.05, 4.69) is 10.6 Å². The lowest BCUT2D eigenvalue weighted by molar-refractivity contribution is -0.137. The number of anilines is 1. The smallest absolute Gasteiger partial charge is 0.416 e. The molecule has 1 aliphatic heterocycles. The number of nitrogens with one attached hydrogen (secondary N) is 2. The molecular weight excluding hydrogens is 547 g/mol. The SMILES string of the molecule is O=C(Nc1cccc(CNC(=O)[C@@H]2CCCN2S(=O)(=O)c2cc3ccccc3o2)c1)c1ccc(C(F)(F)F)cc1. The Balaban J connectivity index is 1.22. The molecule has 0 bridgehead atoms. The van der Waals surface area contributed by atoms with Crippen LogP contribution in [-0.4, -0.2) is 37.1 Å². The van der Waals surface area contributed by atoms with E-state index in [1.165, 1.54) is 6.07 Å². The highest BCUT2D eigenvalue weighted by Gasteiger charge is 2.41. The van der Waals surface area contributed by atoms with Crippen molar-refractivity contribution < 1.29 is 35.6 Å². The topological polar surface area (TPSA) is 109 Å². The van der Waals surface area contributed by atoms with Crippen LogP contribution in [0.5, 0.6) is 0 Å². The number of rotatable bonds is 7. The van der Waals surface area contributed by atoms with Gasteiger partial charge in [-0.05, 0) is 60.9 Å². The number of carbonyl (C=O) groups is 2. The van der Waals surface area contributed by atoms with Crippen molar-refractivity contribution in [1.29, 1.82) is 0 Å². The molecule has 0 radical (unpaired) electrons. The summed E-state index contributed by atoms with van der Waals surface area (Å²) in [6.07, 6.45) is -3.63. The lowest BCUT2D eigenvalue weighted by Crippen LogP contribution is -2.45. The lowest BCUT2D eigenvalue weighted by atomic mass is 10.1. The van der Waals surface area contributed by atoms with E-state index in [4.69, 9.17) is 4.42 Å². The summed E-state index contributed by atoms with van der Waals surface area (Å²) >= 11 is 0. The van der Waals surface area contributed by atoms with Crippen LogP contribution < -0.4 is 10.6 Å². The minimum atomic E-state index is -4.50. The maximum absolute atomic E-state index is 13.3. The van der Waals surface area contributed by atoms with Gasteiger partial charge in [0.15, 0.2) is 0 Å². The number of carbonyl (C=O) groups excluding carboxylic acids is 2. The van der Waals surface area contributed by atoms with Crippen LogP contribution in [-0.2, 0) is 27.5 Å². The summed E-state index contributed by atoms with van der Waals surface area (Å²) in [5.74, 6) is -1.05. The third-order valence-corrected chi connectivity index (χ3v) is 8.36. The Morgan fingerprint density at radius 3 is 2.45 bits per heavy atom. The van der Waals surface area contributed by atoms with Gasteiger partial charge in [-0.3, -0.25) is 9.59 Å². The Bertz CT molecular complexity index is 1630. The molecule has 8 nitrogen and oxygen atoms in total. The Kier molecular flexibility index (Phi) is 7.39. The molecule has 1 atom stereocenters. The standard InChI is InChI=1S/C28H24F3N3O5S/c29-28(30,31)21-12-10-19(11-13-21)26(35)33-22-7-3-5-18(15-22)17-32-27(36)23-8-4-14-34(23)40(37,38)25-16-20-6-1-2-9-24(20)39-25/h1-3,5-7,9-13,15-16,23H,4,8,14,17H2,(H,32,36)(H,33,35)/t23-/m0/s1. The van der Waals surface area contributed by atoms with Gasteiger partial charge in [-0.15, -0.1) is 0 Å². The number of fused-ring (bicyclic) bond motifs is 1. The summed E-state index contributed by atoms with van der Waals surface area (Å²) in [7, 11) is -4.04. The molecule has 4 aromatic rings. The molecule has 0 unspecified atom stereocenters. The molecule has 1 saturated heterocycles. The number of hydrogen-bond donors (Lipinski definition) is 2. The number of furan rings is 1. The second-order valence-corrected chi connectivity index (χ2v) is 11.1. The zero-order valence-electron chi connectivity index (χ0n) is 20.9. The molecule has 1 aromatic heterocycles. The Hall–Kier alpha value is -4.16. The van der Waals surface area contributed by atoms with Gasteiger partial charge in [-0.1, -0.05) is 30.3 Å². The number of hydrogen-bond acceptors (Lipinski definition) is 5. The van der Waals surface area contributed by atoms with Crippen molar-refractivity contribution in [2.45, 2.75) is 36.7 Å². The van der Waals surface area contributed by atoms with Gasteiger partial charge in [0.2, 0.25) is 11.0 Å². The molecule has 40 heavy (non-hydrogen) atoms. The van der Waals surface area contributed by atoms with Crippen LogP contribution in [0.1, 0.15) is 34.3 Å². The molecule has 0 aliphatic carbocycles. The third kappa shape index (κ3) is 5.73. The predicted octanol–water partition coefficient (Wildman–Crippen LogP) is 5.17. The fraction of sp³-hybridized carbons (Fsp3) is 0.214. The van der Waals surface area contributed by atoms with Gasteiger partial charge < -0.3 is 15.1 Å². The molecule has 1 fully saturated rings. The largest absolute Gasteiger partial charge is 0.443 e. The summed E-state index contributed by atoms with van der Waals surface area (Å²) in [5.41, 5.74) is 0.646. The van der Waals surface area contributed by atoms with E-state index in [9.17, 15) is 31.2 Å². The van der Waals surface area contributed by atoms with Crippen LogP contribution in [0.15, 0.2) is 88.4 Å². The van der Waals surface area contributed by atoms with Crippen molar-refractivity contribution in [3.8, 4) is 0 Å². The second kappa shape index (κ2) is 10.8. The Morgan fingerprint density at radius 1 is 0.975 bits per heavy atom. The van der Waals surface area contributed by atoms with E-state index in [0.717, 1.165) is 28.6 Å². The van der Waals surface area contributed by atoms with E-state index in [1.54, 1.807) is 48.5 Å². The van der Waals surface area contributed by atoms with E-state index >= 15 is 0 Å². The minimum absolute atomic E-state index is 0.0543. The van der Waals surface area contributed by atoms with Crippen molar-refractivity contribution in [3.05, 3.63) is 95.6 Å². The van der Waals surface area contributed by atoms with Crippen molar-refractivity contribution >= 4 is 38.5 Å². The first-order valence-corrected chi connectivity index (χ1v) is 13.8. The predicted molar refractivity (Wildman–Crippen MR) is 141 cm³/mol. The molecule has 2 amide bonds. The Labute approximate surface area is 227 Å². The molecule has 0 spiro atoms. The zero-order chi connectivity index (χ0) is 28.5. The highest BCUT2D eigenvalue weighted by molar-refractivity contribution is 7.89. The summed E-state index contributed by atoms with van der Waals surface area (Å²) in [6, 6.07) is 17.9. The summed E-state index contributed by atoms with van der Waals surface area (Å²) in [5, 5.41) is 5.81. The average molecular weight is 572 g/mol. The summed E-state index contributed by atoms with van der Waals surface area (Å²) < 4.78 is 71.6. The quantitative estimate of drug-likeness (QED) is 0.318. The number of para-hydroxylation sites is 1. The number of nitrogens with zero attached hydrogens (tertiary/aromatic N) is 1. The van der Waals surface area contributed by atoms with Gasteiger partial charge in [0.25, 0.3) is 15.9 Å². The first-order chi connectivity index (χ1) is 19.0. The molecule has 2 heterocycles. The number of halogens is 3. The van der Waals surface area contributed by atoms with Crippen LogP contribution in [0, 0.1) is 0 Å². The van der Waals surface area contributed by atoms with Crippen LogP contribution in [0.4, 0.5) is 18.9 Å². The molecule has 3 aromatic carbocycles. The third-order valence-electron chi connectivity index (χ3n) is 6.60. The van der Waals surface area contributed by atoms with Gasteiger partial charge in [0, 0.05) is 35.8 Å². The highest BCUT2D eigenvalue weighted by atomic mass is 32.2. The van der Waals surface area contributed by atoms with Gasteiger partial charge in [0.1, 0.15) is 11.6 Å². The number of alkyl halides is 3. The lowest BCUT2D eigenvalue weighted by Gasteiger charge is -2.22. The van der Waals surface area contributed by atoms with E-state index < -0.39 is 39.6 Å². The molecule has 1 aliphatic rings. The van der Waals surface area contributed by atoms with E-state index in [1.807, 2.05) is 0 Å². The summed E-state index contributed by atoms with van der Waals surface area (Å²) in [6.45, 7) is 0.251. The molecule has 5 rings (SSSR count).